The number of hydrogen-bond donors (Lipinski definition) is 3. The van der Waals surface area contributed by atoms with Gasteiger partial charge in [0.15, 0.2) is 11.6 Å². The lowest BCUT2D eigenvalue weighted by atomic mass is 10.0. The Hall–Kier alpha value is -4.08. The topological polar surface area (TPSA) is 92.6 Å². The molecule has 0 saturated heterocycles. The van der Waals surface area contributed by atoms with Crippen molar-refractivity contribution in [1.29, 1.82) is 0 Å². The predicted octanol–water partition coefficient (Wildman–Crippen LogP) is 4.76. The second-order valence-corrected chi connectivity index (χ2v) is 9.96. The molecule has 0 bridgehead atoms. The minimum atomic E-state index is -0.978. The van der Waals surface area contributed by atoms with E-state index in [1.54, 1.807) is 18.2 Å². The fourth-order valence-corrected chi connectivity index (χ4v) is 4.82. The summed E-state index contributed by atoms with van der Waals surface area (Å²) in [4.78, 5) is 26.7. The van der Waals surface area contributed by atoms with E-state index in [1.807, 2.05) is 48.7 Å². The third-order valence-corrected chi connectivity index (χ3v) is 6.68. The van der Waals surface area contributed by atoms with E-state index < -0.39 is 17.7 Å². The number of hydrogen-bond acceptors (Lipinski definition) is 4. The number of nitrogens with one attached hydrogen (secondary N) is 2. The number of carbonyl (C=O) groups excluding carboxylic acids is 2. The summed E-state index contributed by atoms with van der Waals surface area (Å²) >= 11 is 0. The second kappa shape index (κ2) is 12.8. The summed E-state index contributed by atoms with van der Waals surface area (Å²) in [5.74, 6) is -2.72. The number of benzene rings is 3. The Labute approximate surface area is 231 Å². The highest BCUT2D eigenvalue weighted by atomic mass is 19.2. The lowest BCUT2D eigenvalue weighted by molar-refractivity contribution is 0.0839. The first-order chi connectivity index (χ1) is 19.2. The third kappa shape index (κ3) is 6.38. The molecule has 210 valence electrons. The zero-order chi connectivity index (χ0) is 28.8. The highest BCUT2D eigenvalue weighted by Crippen LogP contribution is 2.33. The normalized spacial score (nSPS) is 12.1. The number of rotatable bonds is 11. The lowest BCUT2D eigenvalue weighted by Gasteiger charge is -2.16. The monoisotopic (exact) mass is 549 g/mol. The van der Waals surface area contributed by atoms with Gasteiger partial charge in [-0.1, -0.05) is 56.3 Å². The maximum Gasteiger partial charge on any atom is 0.254 e. The maximum absolute atomic E-state index is 13.7. The summed E-state index contributed by atoms with van der Waals surface area (Å²) in [6.07, 6.45) is 0. The van der Waals surface area contributed by atoms with Gasteiger partial charge in [-0.3, -0.25) is 9.59 Å². The third-order valence-electron chi connectivity index (χ3n) is 6.68. The molecule has 4 aromatic rings. The molecule has 0 saturated carbocycles. The van der Waals surface area contributed by atoms with Crippen LogP contribution in [0.25, 0.3) is 10.9 Å². The SMILES string of the molecule is COC[C@@H](CO)NC(=O)c1ccc2c(C(=O)NCc3ccc(F)c(F)c3)c(C(C)C)n(Cc3ccccc3)c2c1. The summed E-state index contributed by atoms with van der Waals surface area (Å²) in [6, 6.07) is 17.9. The first kappa shape index (κ1) is 28.9. The van der Waals surface area contributed by atoms with Gasteiger partial charge in [0.25, 0.3) is 11.8 Å². The van der Waals surface area contributed by atoms with Gasteiger partial charge in [0, 0.05) is 36.8 Å². The average Bonchev–Trinajstić information content (AvgIpc) is 3.27. The Balaban J connectivity index is 1.78. The fourth-order valence-electron chi connectivity index (χ4n) is 4.82. The van der Waals surface area contributed by atoms with E-state index in [-0.39, 0.29) is 37.5 Å². The van der Waals surface area contributed by atoms with Crippen LogP contribution in [-0.4, -0.2) is 47.9 Å². The number of carbonyl (C=O) groups is 2. The molecule has 0 radical (unpaired) electrons. The van der Waals surface area contributed by atoms with Gasteiger partial charge in [0.2, 0.25) is 0 Å². The Morgan fingerprint density at radius 1 is 0.950 bits per heavy atom. The van der Waals surface area contributed by atoms with Crippen LogP contribution >= 0.6 is 0 Å². The minimum absolute atomic E-state index is 0.0153. The molecule has 1 aromatic heterocycles. The molecule has 2 amide bonds. The summed E-state index contributed by atoms with van der Waals surface area (Å²) in [7, 11) is 1.49. The van der Waals surface area contributed by atoms with Crippen molar-refractivity contribution in [1.82, 2.24) is 15.2 Å². The highest BCUT2D eigenvalue weighted by molar-refractivity contribution is 6.10. The number of aliphatic hydroxyl groups is 1. The Morgan fingerprint density at radius 3 is 2.35 bits per heavy atom. The van der Waals surface area contributed by atoms with Crippen LogP contribution in [0, 0.1) is 11.6 Å². The van der Waals surface area contributed by atoms with Crippen LogP contribution in [0.4, 0.5) is 8.78 Å². The Bertz CT molecular complexity index is 1500. The van der Waals surface area contributed by atoms with Crippen LogP contribution in [-0.2, 0) is 17.8 Å². The van der Waals surface area contributed by atoms with E-state index in [9.17, 15) is 23.5 Å². The van der Waals surface area contributed by atoms with Gasteiger partial charge in [0.05, 0.1) is 30.3 Å². The Kier molecular flexibility index (Phi) is 9.29. The van der Waals surface area contributed by atoms with Gasteiger partial charge < -0.3 is 25.0 Å². The van der Waals surface area contributed by atoms with Crippen LogP contribution in [0.1, 0.15) is 57.3 Å². The van der Waals surface area contributed by atoms with Gasteiger partial charge in [0.1, 0.15) is 0 Å². The molecule has 40 heavy (non-hydrogen) atoms. The summed E-state index contributed by atoms with van der Waals surface area (Å²) in [6.45, 7) is 4.36. The average molecular weight is 550 g/mol. The molecule has 4 rings (SSSR count). The predicted molar refractivity (Wildman–Crippen MR) is 149 cm³/mol. The van der Waals surface area contributed by atoms with Crippen molar-refractivity contribution in [3.8, 4) is 0 Å². The van der Waals surface area contributed by atoms with Gasteiger partial charge in [-0.15, -0.1) is 0 Å². The molecule has 9 heteroatoms. The molecule has 3 N–H and O–H groups in total. The van der Waals surface area contributed by atoms with Crippen molar-refractivity contribution >= 4 is 22.7 Å². The maximum atomic E-state index is 13.7. The molecular formula is C31H33F2N3O4. The lowest BCUT2D eigenvalue weighted by Crippen LogP contribution is -2.40. The van der Waals surface area contributed by atoms with E-state index in [2.05, 4.69) is 10.6 Å². The molecule has 0 spiro atoms. The van der Waals surface area contributed by atoms with Crippen molar-refractivity contribution in [2.75, 3.05) is 20.3 Å². The molecule has 0 unspecified atom stereocenters. The van der Waals surface area contributed by atoms with Crippen molar-refractivity contribution in [2.24, 2.45) is 0 Å². The number of fused-ring (bicyclic) bond motifs is 1. The highest BCUT2D eigenvalue weighted by Gasteiger charge is 2.26. The quantitative estimate of drug-likeness (QED) is 0.252. The number of aliphatic hydroxyl groups excluding tert-OH is 1. The van der Waals surface area contributed by atoms with Gasteiger partial charge in [-0.25, -0.2) is 8.78 Å². The van der Waals surface area contributed by atoms with E-state index in [0.717, 1.165) is 23.4 Å². The van der Waals surface area contributed by atoms with Crippen molar-refractivity contribution < 1.29 is 28.2 Å². The van der Waals surface area contributed by atoms with Gasteiger partial charge in [-0.2, -0.15) is 0 Å². The number of amides is 2. The first-order valence-electron chi connectivity index (χ1n) is 13.1. The molecule has 0 fully saturated rings. The molecule has 7 nitrogen and oxygen atoms in total. The molecule has 0 aliphatic carbocycles. The second-order valence-electron chi connectivity index (χ2n) is 9.96. The van der Waals surface area contributed by atoms with E-state index in [1.165, 1.54) is 13.2 Å². The zero-order valence-electron chi connectivity index (χ0n) is 22.7. The van der Waals surface area contributed by atoms with Crippen molar-refractivity contribution in [3.63, 3.8) is 0 Å². The molecule has 0 aliphatic heterocycles. The van der Waals surface area contributed by atoms with Gasteiger partial charge in [-0.05, 0) is 41.3 Å². The van der Waals surface area contributed by atoms with E-state index >= 15 is 0 Å². The number of methoxy groups -OCH3 is 1. The molecule has 3 aromatic carbocycles. The Morgan fingerprint density at radius 2 is 1.70 bits per heavy atom. The standard InChI is InChI=1S/C31H33F2N3O4/c1-19(2)29-28(31(39)34-15-21-9-12-25(32)26(33)13-21)24-11-10-22(30(38)35-23(17-37)18-40-3)14-27(24)36(29)16-20-7-5-4-6-8-20/h4-14,19,23,37H,15-18H2,1-3H3,(H,34,39)(H,35,38)/t23-/m1/s1. The summed E-state index contributed by atoms with van der Waals surface area (Å²) in [5.41, 5.74) is 3.77. The number of aromatic nitrogens is 1. The fraction of sp³-hybridized carbons (Fsp3) is 0.290. The van der Waals surface area contributed by atoms with Crippen molar-refractivity contribution in [3.05, 3.63) is 106 Å². The van der Waals surface area contributed by atoms with Crippen LogP contribution in [0.5, 0.6) is 0 Å². The number of ether oxygens (including phenoxy) is 1. The minimum Gasteiger partial charge on any atom is -0.394 e. The smallest absolute Gasteiger partial charge is 0.254 e. The molecule has 1 heterocycles. The van der Waals surface area contributed by atoms with E-state index in [0.29, 0.717) is 34.1 Å². The largest absolute Gasteiger partial charge is 0.394 e. The van der Waals surface area contributed by atoms with Crippen LogP contribution in [0.15, 0.2) is 66.7 Å². The van der Waals surface area contributed by atoms with E-state index in [4.69, 9.17) is 4.74 Å². The van der Waals surface area contributed by atoms with Crippen LogP contribution < -0.4 is 10.6 Å². The van der Waals surface area contributed by atoms with Crippen LogP contribution in [0.2, 0.25) is 0 Å². The molecular weight excluding hydrogens is 516 g/mol. The van der Waals surface area contributed by atoms with Crippen molar-refractivity contribution in [2.45, 2.75) is 38.9 Å². The first-order valence-corrected chi connectivity index (χ1v) is 13.1. The molecule has 1 atom stereocenters. The summed E-state index contributed by atoms with van der Waals surface area (Å²) < 4.78 is 34.2. The zero-order valence-corrected chi connectivity index (χ0v) is 22.7. The number of nitrogens with zero attached hydrogens (tertiary/aromatic N) is 1. The summed E-state index contributed by atoms with van der Waals surface area (Å²) in [5, 5.41) is 15.9. The number of halogens is 2. The molecule has 0 aliphatic rings. The van der Waals surface area contributed by atoms with Crippen LogP contribution in [0.3, 0.4) is 0 Å². The van der Waals surface area contributed by atoms with Gasteiger partial charge >= 0.3 is 0 Å².